The average Bonchev–Trinajstić information content (AvgIpc) is 3.59. The molecule has 6 nitrogen and oxygen atoms in total. The van der Waals surface area contributed by atoms with Crippen LogP contribution in [0.25, 0.3) is 67.2 Å². The molecule has 0 spiro atoms. The minimum absolute atomic E-state index is 0.168. The Labute approximate surface area is 265 Å². The number of rotatable bonds is 4. The number of fused-ring (bicyclic) bond motifs is 6. The van der Waals surface area contributed by atoms with Crippen molar-refractivity contribution in [3.05, 3.63) is 145 Å². The van der Waals surface area contributed by atoms with Crippen LogP contribution in [-0.4, -0.2) is 28.6 Å². The highest BCUT2D eigenvalue weighted by Gasteiger charge is 2.43. The molecule has 46 heavy (non-hydrogen) atoms. The maximum Gasteiger partial charge on any atom is 0.185 e. The van der Waals surface area contributed by atoms with Gasteiger partial charge in [-0.05, 0) is 53.1 Å². The highest BCUT2D eigenvalue weighted by atomic mass is 32.2. The van der Waals surface area contributed by atoms with E-state index in [1.807, 2.05) is 115 Å². The fraction of sp³-hybridized carbons (Fsp3) is 0.0513. The smallest absolute Gasteiger partial charge is 0.185 e. The summed E-state index contributed by atoms with van der Waals surface area (Å²) in [4.78, 5) is 15.0. The lowest BCUT2D eigenvalue weighted by Gasteiger charge is -2.14. The lowest BCUT2D eigenvalue weighted by Crippen LogP contribution is -2.18. The maximum atomic E-state index is 13.1. The van der Waals surface area contributed by atoms with Crippen molar-refractivity contribution < 1.29 is 12.8 Å². The van der Waals surface area contributed by atoms with Gasteiger partial charge in [-0.1, -0.05) is 103 Å². The van der Waals surface area contributed by atoms with E-state index in [1.165, 1.54) is 0 Å². The van der Waals surface area contributed by atoms with Crippen LogP contribution < -0.4 is 0 Å². The largest absolute Gasteiger partial charge is 0.456 e. The number of furan rings is 1. The number of hydrogen-bond acceptors (Lipinski definition) is 6. The Morgan fingerprint density at radius 2 is 1.04 bits per heavy atom. The zero-order valence-corrected chi connectivity index (χ0v) is 25.2. The fourth-order valence-electron chi connectivity index (χ4n) is 6.59. The van der Waals surface area contributed by atoms with Gasteiger partial charge in [0, 0.05) is 33.4 Å². The van der Waals surface area contributed by atoms with E-state index < -0.39 is 15.1 Å². The van der Waals surface area contributed by atoms with E-state index in [2.05, 4.69) is 12.1 Å². The van der Waals surface area contributed by atoms with Gasteiger partial charge in [0.1, 0.15) is 11.2 Å². The molecule has 0 saturated heterocycles. The summed E-state index contributed by atoms with van der Waals surface area (Å²) in [5, 5.41) is 1.46. The minimum Gasteiger partial charge on any atom is -0.456 e. The van der Waals surface area contributed by atoms with Gasteiger partial charge in [-0.2, -0.15) is 0 Å². The molecular formula is C39H25N3O3S. The summed E-state index contributed by atoms with van der Waals surface area (Å²) in [6, 6.07) is 37.7. The van der Waals surface area contributed by atoms with Crippen LogP contribution >= 0.6 is 0 Å². The van der Waals surface area contributed by atoms with E-state index in [1.54, 1.807) is 12.1 Å². The number of sulfone groups is 1. The van der Waals surface area contributed by atoms with Crippen LogP contribution in [0.5, 0.6) is 0 Å². The summed E-state index contributed by atoms with van der Waals surface area (Å²) in [5.41, 5.74) is 6.90. The van der Waals surface area contributed by atoms with Crippen LogP contribution in [0.3, 0.4) is 0 Å². The molecule has 0 N–H and O–H groups in total. The highest BCUT2D eigenvalue weighted by molar-refractivity contribution is 7.92. The lowest BCUT2D eigenvalue weighted by molar-refractivity contribution is 0.592. The fourth-order valence-corrected chi connectivity index (χ4v) is 8.59. The third-order valence-corrected chi connectivity index (χ3v) is 11.0. The third kappa shape index (κ3) is 4.24. The predicted octanol–water partition coefficient (Wildman–Crippen LogP) is 8.80. The van der Waals surface area contributed by atoms with Crippen molar-refractivity contribution in [1.82, 2.24) is 15.0 Å². The molecule has 0 bridgehead atoms. The molecule has 2 unspecified atom stereocenters. The average molecular weight is 616 g/mol. The summed E-state index contributed by atoms with van der Waals surface area (Å²) in [6.45, 7) is 0. The van der Waals surface area contributed by atoms with Gasteiger partial charge in [-0.15, -0.1) is 0 Å². The van der Waals surface area contributed by atoms with Crippen LogP contribution in [0.2, 0.25) is 0 Å². The Hall–Kier alpha value is -5.66. The molecule has 2 aromatic heterocycles. The standard InChI is InChI=1S/C39H25N3O3S/c43-46(44)35-14-8-7-13-31(35)32-21-26(17-20-36(32)46)27-15-18-29-30-19-16-28(23-34(30)45-33(29)22-27)39-41-37(24-9-3-1-4-10-24)40-38(42-39)25-11-5-2-6-12-25/h1-23,31,35H. The van der Waals surface area contributed by atoms with Gasteiger partial charge in [0.15, 0.2) is 27.3 Å². The molecule has 2 aliphatic rings. The summed E-state index contributed by atoms with van der Waals surface area (Å²) in [7, 11) is -3.39. The molecule has 220 valence electrons. The molecule has 1 aliphatic heterocycles. The summed E-state index contributed by atoms with van der Waals surface area (Å²) in [6.07, 6.45) is 7.51. The second kappa shape index (κ2) is 10.2. The monoisotopic (exact) mass is 615 g/mol. The second-order valence-corrected chi connectivity index (χ2v) is 13.7. The second-order valence-electron chi connectivity index (χ2n) is 11.6. The minimum atomic E-state index is -3.39. The Balaban J connectivity index is 1.13. The van der Waals surface area contributed by atoms with Gasteiger partial charge in [0.05, 0.1) is 10.1 Å². The van der Waals surface area contributed by atoms with Crippen LogP contribution in [0.4, 0.5) is 0 Å². The van der Waals surface area contributed by atoms with E-state index >= 15 is 0 Å². The molecule has 0 amide bonds. The summed E-state index contributed by atoms with van der Waals surface area (Å²) >= 11 is 0. The maximum absolute atomic E-state index is 13.1. The first-order valence-electron chi connectivity index (χ1n) is 15.1. The first-order valence-corrected chi connectivity index (χ1v) is 16.6. The van der Waals surface area contributed by atoms with Gasteiger partial charge in [-0.25, -0.2) is 23.4 Å². The van der Waals surface area contributed by atoms with E-state index in [9.17, 15) is 8.42 Å². The van der Waals surface area contributed by atoms with Crippen LogP contribution in [-0.2, 0) is 9.84 Å². The number of hydrogen-bond donors (Lipinski definition) is 0. The van der Waals surface area contributed by atoms with Crippen molar-refractivity contribution in [3.63, 3.8) is 0 Å². The Kier molecular flexibility index (Phi) is 5.92. The molecule has 1 aliphatic carbocycles. The van der Waals surface area contributed by atoms with Crippen molar-refractivity contribution in [2.24, 2.45) is 0 Å². The molecule has 7 aromatic rings. The van der Waals surface area contributed by atoms with Crippen molar-refractivity contribution >= 4 is 31.8 Å². The van der Waals surface area contributed by atoms with Crippen LogP contribution in [0.15, 0.2) is 149 Å². The van der Waals surface area contributed by atoms with Gasteiger partial charge >= 0.3 is 0 Å². The molecule has 0 fully saturated rings. The zero-order valence-electron chi connectivity index (χ0n) is 24.4. The van der Waals surface area contributed by atoms with Crippen molar-refractivity contribution in [2.45, 2.75) is 16.1 Å². The number of benzene rings is 5. The highest BCUT2D eigenvalue weighted by Crippen LogP contribution is 2.45. The van der Waals surface area contributed by atoms with Crippen molar-refractivity contribution in [1.29, 1.82) is 0 Å². The van der Waals surface area contributed by atoms with E-state index in [-0.39, 0.29) is 5.92 Å². The molecule has 9 rings (SSSR count). The van der Waals surface area contributed by atoms with E-state index in [0.29, 0.717) is 22.4 Å². The van der Waals surface area contributed by atoms with Gasteiger partial charge in [0.25, 0.3) is 0 Å². The molecule has 3 heterocycles. The number of allylic oxidation sites excluding steroid dienone is 3. The molecule has 2 atom stereocenters. The van der Waals surface area contributed by atoms with Gasteiger partial charge in [0.2, 0.25) is 0 Å². The number of aromatic nitrogens is 3. The quantitative estimate of drug-likeness (QED) is 0.197. The lowest BCUT2D eigenvalue weighted by atomic mass is 9.90. The van der Waals surface area contributed by atoms with Gasteiger partial charge < -0.3 is 4.42 Å². The topological polar surface area (TPSA) is 86.0 Å². The SMILES string of the molecule is O=S1(=O)c2ccc(-c3ccc4c(c3)oc3cc(-c5nc(-c6ccccc6)nc(-c6ccccc6)n5)ccc34)cc2C2C=CC=CC21. The summed E-state index contributed by atoms with van der Waals surface area (Å²) in [5.74, 6) is 1.60. The van der Waals surface area contributed by atoms with Crippen molar-refractivity contribution in [2.75, 3.05) is 0 Å². The predicted molar refractivity (Wildman–Crippen MR) is 181 cm³/mol. The van der Waals surface area contributed by atoms with Crippen molar-refractivity contribution in [3.8, 4) is 45.3 Å². The molecule has 7 heteroatoms. The summed E-state index contributed by atoms with van der Waals surface area (Å²) < 4.78 is 32.7. The third-order valence-electron chi connectivity index (χ3n) is 8.88. The van der Waals surface area contributed by atoms with E-state index in [0.717, 1.165) is 55.3 Å². The Morgan fingerprint density at radius 1 is 0.522 bits per heavy atom. The van der Waals surface area contributed by atoms with Crippen LogP contribution in [0.1, 0.15) is 11.5 Å². The Bertz CT molecular complexity index is 2440. The molecular weight excluding hydrogens is 591 g/mol. The molecule has 0 saturated carbocycles. The van der Waals surface area contributed by atoms with Crippen LogP contribution in [0, 0.1) is 0 Å². The molecule has 0 radical (unpaired) electrons. The first-order chi connectivity index (χ1) is 22.5. The molecule has 5 aromatic carbocycles. The number of nitrogens with zero attached hydrogens (tertiary/aromatic N) is 3. The Morgan fingerprint density at radius 3 is 1.70 bits per heavy atom. The normalized spacial score (nSPS) is 17.7. The van der Waals surface area contributed by atoms with Gasteiger partial charge in [-0.3, -0.25) is 0 Å². The first kappa shape index (κ1) is 26.7. The van der Waals surface area contributed by atoms with E-state index in [4.69, 9.17) is 19.4 Å². The zero-order chi connectivity index (χ0) is 30.8.